The number of hydrogen-bond acceptors (Lipinski definition) is 2. The Bertz CT molecular complexity index is 355. The van der Waals surface area contributed by atoms with Crippen LogP contribution in [0.25, 0.3) is 0 Å². The summed E-state index contributed by atoms with van der Waals surface area (Å²) in [7, 11) is 4.00. The zero-order valence-corrected chi connectivity index (χ0v) is 10.5. The van der Waals surface area contributed by atoms with Crippen LogP contribution in [0.3, 0.4) is 0 Å². The average Bonchev–Trinajstić information content (AvgIpc) is 2.15. The maximum Gasteiger partial charge on any atom is 0.0785 e. The first-order valence-corrected chi connectivity index (χ1v) is 5.17. The maximum atomic E-state index is 10.4. The number of quaternary nitrogens is 1. The summed E-state index contributed by atoms with van der Waals surface area (Å²) in [5.74, 6) is -1.38. The molecule has 0 heterocycles. The molecule has 1 aromatic carbocycles. The molecule has 0 saturated heterocycles. The lowest BCUT2D eigenvalue weighted by Crippen LogP contribution is -2.74. The summed E-state index contributed by atoms with van der Waals surface area (Å²) in [4.78, 5) is 10.4. The number of carboxylic acid groups (broad SMARTS) is 1. The van der Waals surface area contributed by atoms with E-state index in [0.717, 1.165) is 0 Å². The Morgan fingerprint density at radius 1 is 1.20 bits per heavy atom. The van der Waals surface area contributed by atoms with Crippen molar-refractivity contribution in [3.8, 4) is 0 Å². The third-order valence-electron chi connectivity index (χ3n) is 1.26. The Morgan fingerprint density at radius 2 is 1.67 bits per heavy atom. The molecule has 0 unspecified atom stereocenters. The van der Waals surface area contributed by atoms with Gasteiger partial charge in [0.1, 0.15) is 0 Å². The van der Waals surface area contributed by atoms with Gasteiger partial charge in [0.25, 0.3) is 0 Å². The zero-order chi connectivity index (χ0) is 12.0. The van der Waals surface area contributed by atoms with Crippen LogP contribution >= 0.6 is 34.8 Å². The molecule has 0 radical (unpaired) electrons. The van der Waals surface area contributed by atoms with Crippen molar-refractivity contribution in [2.24, 2.45) is 0 Å². The molecular formula is C9H10Cl3NO2. The van der Waals surface area contributed by atoms with Crippen molar-refractivity contribution in [2.75, 3.05) is 14.1 Å². The van der Waals surface area contributed by atoms with E-state index in [2.05, 4.69) is 0 Å². The molecule has 15 heavy (non-hydrogen) atoms. The fraction of sp³-hybridized carbons (Fsp3) is 0.222. The van der Waals surface area contributed by atoms with Crippen LogP contribution in [0.4, 0.5) is 0 Å². The van der Waals surface area contributed by atoms with Crippen molar-refractivity contribution in [1.82, 2.24) is 0 Å². The Morgan fingerprint density at radius 3 is 2.07 bits per heavy atom. The minimum Gasteiger partial charge on any atom is -0.545 e. The summed E-state index contributed by atoms with van der Waals surface area (Å²) in [5, 5.41) is 12.5. The molecule has 2 N–H and O–H groups in total. The van der Waals surface area contributed by atoms with Gasteiger partial charge in [-0.3, -0.25) is 0 Å². The smallest absolute Gasteiger partial charge is 0.0785 e. The van der Waals surface area contributed by atoms with E-state index < -0.39 is 5.97 Å². The van der Waals surface area contributed by atoms with Crippen LogP contribution in [-0.2, 0) is 0 Å². The Hall–Kier alpha value is -0.480. The van der Waals surface area contributed by atoms with E-state index in [1.54, 1.807) is 0 Å². The van der Waals surface area contributed by atoms with Gasteiger partial charge in [0, 0.05) is 5.56 Å². The lowest BCUT2D eigenvalue weighted by Gasteiger charge is -2.06. The number of carbonyl (C=O) groups is 1. The van der Waals surface area contributed by atoms with Crippen LogP contribution in [0.5, 0.6) is 0 Å². The summed E-state index contributed by atoms with van der Waals surface area (Å²) in [5.41, 5.74) is -0.161. The lowest BCUT2D eigenvalue weighted by atomic mass is 10.2. The van der Waals surface area contributed by atoms with E-state index >= 15 is 0 Å². The average molecular weight is 271 g/mol. The topological polar surface area (TPSA) is 56.7 Å². The summed E-state index contributed by atoms with van der Waals surface area (Å²) >= 11 is 16.7. The number of hydrogen-bond donors (Lipinski definition) is 1. The highest BCUT2D eigenvalue weighted by atomic mass is 35.5. The van der Waals surface area contributed by atoms with Crippen LogP contribution in [0.2, 0.25) is 15.1 Å². The third-order valence-corrected chi connectivity index (χ3v) is 2.55. The molecular weight excluding hydrogens is 260 g/mol. The number of carboxylic acids is 1. The van der Waals surface area contributed by atoms with E-state index in [-0.39, 0.29) is 20.6 Å². The molecule has 0 bridgehead atoms. The van der Waals surface area contributed by atoms with Gasteiger partial charge in [-0.25, -0.2) is 0 Å². The van der Waals surface area contributed by atoms with E-state index in [9.17, 15) is 9.90 Å². The highest BCUT2D eigenvalue weighted by molar-refractivity contribution is 6.49. The Labute approximate surface area is 103 Å². The second kappa shape index (κ2) is 6.90. The van der Waals surface area contributed by atoms with E-state index in [4.69, 9.17) is 34.8 Å². The number of nitrogens with two attached hydrogens (primary N) is 1. The highest BCUT2D eigenvalue weighted by Gasteiger charge is 2.08. The zero-order valence-electron chi connectivity index (χ0n) is 8.18. The Balaban J connectivity index is 0.000000583. The van der Waals surface area contributed by atoms with Gasteiger partial charge in [-0.05, 0) is 6.07 Å². The van der Waals surface area contributed by atoms with Crippen LogP contribution in [0, 0.1) is 0 Å². The molecule has 1 rings (SSSR count). The first-order chi connectivity index (χ1) is 6.95. The molecule has 0 aromatic heterocycles. The van der Waals surface area contributed by atoms with Gasteiger partial charge in [-0.1, -0.05) is 40.9 Å². The molecule has 84 valence electrons. The SMILES string of the molecule is C[NH2+]C.O=C([O-])c1ccc(Cl)c(Cl)c1Cl. The molecule has 0 amide bonds. The predicted molar refractivity (Wildman–Crippen MR) is 59.6 cm³/mol. The maximum absolute atomic E-state index is 10.4. The number of carbonyl (C=O) groups excluding carboxylic acids is 1. The van der Waals surface area contributed by atoms with Crippen molar-refractivity contribution < 1.29 is 15.2 Å². The van der Waals surface area contributed by atoms with E-state index in [1.165, 1.54) is 12.1 Å². The van der Waals surface area contributed by atoms with Crippen LogP contribution in [-0.4, -0.2) is 20.1 Å². The minimum absolute atomic E-state index is 0.0278. The van der Waals surface area contributed by atoms with Crippen molar-refractivity contribution in [3.05, 3.63) is 32.8 Å². The third kappa shape index (κ3) is 4.26. The van der Waals surface area contributed by atoms with Gasteiger partial charge in [0.05, 0.1) is 35.1 Å². The summed E-state index contributed by atoms with van der Waals surface area (Å²) in [6.45, 7) is 0. The van der Waals surface area contributed by atoms with Gasteiger partial charge in [0.2, 0.25) is 0 Å². The fourth-order valence-corrected chi connectivity index (χ4v) is 1.30. The summed E-state index contributed by atoms with van der Waals surface area (Å²) in [6, 6.07) is 2.59. The van der Waals surface area contributed by atoms with Crippen LogP contribution in [0.1, 0.15) is 10.4 Å². The van der Waals surface area contributed by atoms with Crippen molar-refractivity contribution in [1.29, 1.82) is 0 Å². The van der Waals surface area contributed by atoms with Gasteiger partial charge < -0.3 is 15.2 Å². The quantitative estimate of drug-likeness (QED) is 0.768. The fourth-order valence-electron chi connectivity index (χ4n) is 0.684. The number of rotatable bonds is 1. The standard InChI is InChI=1S/C7H3Cl3O2.C2H7N/c8-4-2-1-3(7(11)12)5(9)6(4)10;1-3-2/h1-2H,(H,11,12);3H,1-2H3. The molecule has 0 aliphatic carbocycles. The highest BCUT2D eigenvalue weighted by Crippen LogP contribution is 2.32. The molecule has 0 spiro atoms. The van der Waals surface area contributed by atoms with Crippen molar-refractivity contribution >= 4 is 40.8 Å². The number of halogens is 3. The van der Waals surface area contributed by atoms with Gasteiger partial charge in [-0.15, -0.1) is 0 Å². The monoisotopic (exact) mass is 269 g/mol. The first-order valence-electron chi connectivity index (χ1n) is 4.04. The van der Waals surface area contributed by atoms with Crippen molar-refractivity contribution in [2.45, 2.75) is 0 Å². The largest absolute Gasteiger partial charge is 0.545 e. The summed E-state index contributed by atoms with van der Waals surface area (Å²) in [6.07, 6.45) is 0. The molecule has 1 aromatic rings. The molecule has 0 aliphatic rings. The number of benzene rings is 1. The molecule has 0 atom stereocenters. The number of aromatic carboxylic acids is 1. The molecule has 0 aliphatic heterocycles. The van der Waals surface area contributed by atoms with Crippen LogP contribution in [0.15, 0.2) is 12.1 Å². The lowest BCUT2D eigenvalue weighted by molar-refractivity contribution is -0.597. The van der Waals surface area contributed by atoms with E-state index in [0.29, 0.717) is 0 Å². The van der Waals surface area contributed by atoms with Gasteiger partial charge in [-0.2, -0.15) is 0 Å². The summed E-state index contributed by atoms with van der Waals surface area (Å²) < 4.78 is 0. The first kappa shape index (κ1) is 14.5. The van der Waals surface area contributed by atoms with Gasteiger partial charge >= 0.3 is 0 Å². The molecule has 0 fully saturated rings. The predicted octanol–water partition coefficient (Wildman–Crippen LogP) is 0.820. The van der Waals surface area contributed by atoms with E-state index in [1.807, 2.05) is 19.4 Å². The normalized spacial score (nSPS) is 9.13. The Kier molecular flexibility index (Phi) is 6.68. The van der Waals surface area contributed by atoms with Gasteiger partial charge in [0.15, 0.2) is 0 Å². The second-order valence-corrected chi connectivity index (χ2v) is 3.75. The van der Waals surface area contributed by atoms with Crippen molar-refractivity contribution in [3.63, 3.8) is 0 Å². The second-order valence-electron chi connectivity index (χ2n) is 2.59. The molecule has 0 saturated carbocycles. The molecule has 6 heteroatoms. The molecule has 3 nitrogen and oxygen atoms in total. The van der Waals surface area contributed by atoms with Crippen LogP contribution < -0.4 is 10.4 Å². The minimum atomic E-state index is -1.38.